The van der Waals surface area contributed by atoms with Gasteiger partial charge in [-0.25, -0.2) is 0 Å². The summed E-state index contributed by atoms with van der Waals surface area (Å²) in [5.41, 5.74) is 1.32. The molecule has 0 saturated carbocycles. The maximum Gasteiger partial charge on any atom is 0.120 e. The smallest absolute Gasteiger partial charge is 0.120 e. The first-order chi connectivity index (χ1) is 5.37. The normalized spacial score (nSPS) is 10.2. The average Bonchev–Trinajstić information content (AvgIpc) is 1.85. The van der Waals surface area contributed by atoms with E-state index in [0.717, 1.165) is 10.9 Å². The molecule has 0 atom stereocenters. The first kappa shape index (κ1) is 11.7. The third kappa shape index (κ3) is 5.40. The minimum absolute atomic E-state index is 0.748. The molecule has 12 heavy (non-hydrogen) atoms. The fourth-order valence-electron chi connectivity index (χ4n) is 0.520. The maximum atomic E-state index is 9.33. The Labute approximate surface area is 83.0 Å². The van der Waals surface area contributed by atoms with E-state index < -0.39 is 5.60 Å². The quantitative estimate of drug-likeness (QED) is 0.543. The summed E-state index contributed by atoms with van der Waals surface area (Å²) in [4.78, 5) is 0. The van der Waals surface area contributed by atoms with E-state index >= 15 is 0 Å². The molecule has 0 aromatic carbocycles. The summed E-state index contributed by atoms with van der Waals surface area (Å²) in [5.74, 6) is 5.71. The second-order valence-electron chi connectivity index (χ2n) is 3.42. The SMILES string of the molecule is CC(C)=C(C#CC(C)(C)O)CBr. The number of halogens is 1. The zero-order valence-electron chi connectivity index (χ0n) is 8.03. The molecular weight excluding hydrogens is 216 g/mol. The standard InChI is InChI=1S/C10H15BrO/c1-8(2)9(7-11)5-6-10(3,4)12/h12H,7H2,1-4H3. The number of alkyl halides is 1. The molecule has 0 aromatic heterocycles. The monoisotopic (exact) mass is 230 g/mol. The highest BCUT2D eigenvalue weighted by atomic mass is 79.9. The van der Waals surface area contributed by atoms with Crippen LogP contribution in [0.5, 0.6) is 0 Å². The van der Waals surface area contributed by atoms with Gasteiger partial charge in [-0.1, -0.05) is 33.3 Å². The van der Waals surface area contributed by atoms with Gasteiger partial charge in [0.05, 0.1) is 0 Å². The summed E-state index contributed by atoms with van der Waals surface area (Å²) in [6.45, 7) is 7.37. The van der Waals surface area contributed by atoms with E-state index in [1.807, 2.05) is 13.8 Å². The van der Waals surface area contributed by atoms with Gasteiger partial charge in [-0.15, -0.1) is 0 Å². The van der Waals surface area contributed by atoms with E-state index in [9.17, 15) is 5.11 Å². The second kappa shape index (κ2) is 4.69. The lowest BCUT2D eigenvalue weighted by molar-refractivity contribution is 0.143. The Morgan fingerprint density at radius 1 is 1.42 bits per heavy atom. The largest absolute Gasteiger partial charge is 0.378 e. The van der Waals surface area contributed by atoms with Crippen molar-refractivity contribution in [3.8, 4) is 11.8 Å². The van der Waals surface area contributed by atoms with Crippen molar-refractivity contribution in [2.45, 2.75) is 33.3 Å². The highest BCUT2D eigenvalue weighted by molar-refractivity contribution is 9.09. The molecule has 0 amide bonds. The minimum atomic E-state index is -0.900. The molecule has 0 aliphatic rings. The molecule has 0 unspecified atom stereocenters. The van der Waals surface area contributed by atoms with Crippen molar-refractivity contribution >= 4 is 15.9 Å². The molecule has 0 saturated heterocycles. The molecule has 2 heteroatoms. The van der Waals surface area contributed by atoms with Crippen molar-refractivity contribution in [3.63, 3.8) is 0 Å². The molecule has 0 fully saturated rings. The van der Waals surface area contributed by atoms with Crippen LogP contribution in [-0.2, 0) is 0 Å². The molecule has 0 aliphatic carbocycles. The lowest BCUT2D eigenvalue weighted by atomic mass is 10.1. The van der Waals surface area contributed by atoms with Gasteiger partial charge in [0.15, 0.2) is 0 Å². The molecule has 0 bridgehead atoms. The van der Waals surface area contributed by atoms with Gasteiger partial charge in [0.2, 0.25) is 0 Å². The lowest BCUT2D eigenvalue weighted by Crippen LogP contribution is -2.14. The number of allylic oxidation sites excluding steroid dienone is 2. The summed E-state index contributed by atoms with van der Waals surface area (Å²) in [5, 5.41) is 10.1. The summed E-state index contributed by atoms with van der Waals surface area (Å²) < 4.78 is 0. The van der Waals surface area contributed by atoms with Crippen LogP contribution in [0.1, 0.15) is 27.7 Å². The molecule has 0 heterocycles. The maximum absolute atomic E-state index is 9.33. The van der Waals surface area contributed by atoms with E-state index in [1.165, 1.54) is 5.57 Å². The lowest BCUT2D eigenvalue weighted by Gasteiger charge is -2.06. The molecule has 1 nitrogen and oxygen atoms in total. The van der Waals surface area contributed by atoms with Crippen LogP contribution in [0.3, 0.4) is 0 Å². The molecule has 68 valence electrons. The van der Waals surface area contributed by atoms with Gasteiger partial charge in [-0.05, 0) is 27.7 Å². The van der Waals surface area contributed by atoms with Crippen molar-refractivity contribution < 1.29 is 5.11 Å². The van der Waals surface area contributed by atoms with Gasteiger partial charge in [0.1, 0.15) is 5.60 Å². The van der Waals surface area contributed by atoms with Gasteiger partial charge in [-0.3, -0.25) is 0 Å². The highest BCUT2D eigenvalue weighted by Crippen LogP contribution is 2.06. The zero-order chi connectivity index (χ0) is 9.78. The van der Waals surface area contributed by atoms with Crippen LogP contribution < -0.4 is 0 Å². The van der Waals surface area contributed by atoms with Gasteiger partial charge in [-0.2, -0.15) is 0 Å². The topological polar surface area (TPSA) is 20.2 Å². The Bertz CT molecular complexity index is 231. The summed E-state index contributed by atoms with van der Waals surface area (Å²) >= 11 is 3.34. The number of rotatable bonds is 1. The van der Waals surface area contributed by atoms with Crippen LogP contribution in [-0.4, -0.2) is 16.0 Å². The fourth-order valence-corrected chi connectivity index (χ4v) is 1.22. The van der Waals surface area contributed by atoms with Crippen molar-refractivity contribution in [2.75, 3.05) is 5.33 Å². The van der Waals surface area contributed by atoms with Crippen molar-refractivity contribution in [3.05, 3.63) is 11.1 Å². The van der Waals surface area contributed by atoms with Crippen LogP contribution in [0.25, 0.3) is 0 Å². The Morgan fingerprint density at radius 3 is 2.17 bits per heavy atom. The van der Waals surface area contributed by atoms with E-state index in [0.29, 0.717) is 0 Å². The predicted molar refractivity (Wildman–Crippen MR) is 56.2 cm³/mol. The van der Waals surface area contributed by atoms with Gasteiger partial charge in [0.25, 0.3) is 0 Å². The molecule has 1 N–H and O–H groups in total. The van der Waals surface area contributed by atoms with Gasteiger partial charge >= 0.3 is 0 Å². The third-order valence-corrected chi connectivity index (χ3v) is 1.82. The Hall–Kier alpha value is -0.260. The van der Waals surface area contributed by atoms with Gasteiger partial charge < -0.3 is 5.11 Å². The number of hydrogen-bond donors (Lipinski definition) is 1. The molecule has 0 spiro atoms. The van der Waals surface area contributed by atoms with Gasteiger partial charge in [0, 0.05) is 10.9 Å². The van der Waals surface area contributed by atoms with E-state index in [2.05, 4.69) is 27.8 Å². The zero-order valence-corrected chi connectivity index (χ0v) is 9.62. The van der Waals surface area contributed by atoms with Crippen LogP contribution in [0, 0.1) is 11.8 Å². The summed E-state index contributed by atoms with van der Waals surface area (Å²) in [6.07, 6.45) is 0. The Morgan fingerprint density at radius 2 is 1.92 bits per heavy atom. The molecule has 0 aliphatic heterocycles. The van der Waals surface area contributed by atoms with Crippen molar-refractivity contribution in [2.24, 2.45) is 0 Å². The number of aliphatic hydroxyl groups is 1. The first-order valence-electron chi connectivity index (χ1n) is 3.84. The molecule has 0 radical (unpaired) electrons. The Kier molecular flexibility index (Phi) is 4.59. The molecule has 0 aromatic rings. The third-order valence-electron chi connectivity index (χ3n) is 1.26. The summed E-state index contributed by atoms with van der Waals surface area (Å²) in [7, 11) is 0. The van der Waals surface area contributed by atoms with Crippen LogP contribution >= 0.6 is 15.9 Å². The first-order valence-corrected chi connectivity index (χ1v) is 4.97. The van der Waals surface area contributed by atoms with E-state index in [-0.39, 0.29) is 0 Å². The van der Waals surface area contributed by atoms with Crippen LogP contribution in [0.15, 0.2) is 11.1 Å². The van der Waals surface area contributed by atoms with Crippen LogP contribution in [0.4, 0.5) is 0 Å². The van der Waals surface area contributed by atoms with Crippen molar-refractivity contribution in [1.82, 2.24) is 0 Å². The van der Waals surface area contributed by atoms with Crippen molar-refractivity contribution in [1.29, 1.82) is 0 Å². The highest BCUT2D eigenvalue weighted by Gasteiger charge is 2.05. The molecule has 0 rings (SSSR count). The summed E-state index contributed by atoms with van der Waals surface area (Å²) in [6, 6.07) is 0. The van der Waals surface area contributed by atoms with Crippen LogP contribution in [0.2, 0.25) is 0 Å². The predicted octanol–water partition coefficient (Wildman–Crippen LogP) is 2.49. The molecular formula is C10H15BrO. The average molecular weight is 231 g/mol. The number of hydrogen-bond acceptors (Lipinski definition) is 1. The minimum Gasteiger partial charge on any atom is -0.378 e. The Balaban J connectivity index is 4.60. The van der Waals surface area contributed by atoms with E-state index in [1.54, 1.807) is 13.8 Å². The fraction of sp³-hybridized carbons (Fsp3) is 0.600. The second-order valence-corrected chi connectivity index (χ2v) is 3.98. The van der Waals surface area contributed by atoms with E-state index in [4.69, 9.17) is 0 Å².